The molecule has 0 amide bonds. The number of nitrogens with zero attached hydrogens (tertiary/aromatic N) is 1. The van der Waals surface area contributed by atoms with Gasteiger partial charge in [-0.05, 0) is 37.5 Å². The minimum absolute atomic E-state index is 0.120. The number of benzene rings is 2. The summed E-state index contributed by atoms with van der Waals surface area (Å²) in [7, 11) is -3.48. The second-order valence-electron chi connectivity index (χ2n) is 6.18. The maximum Gasteiger partial charge on any atom is 0.243 e. The lowest BCUT2D eigenvalue weighted by atomic mass is 10.1. The zero-order chi connectivity index (χ0) is 17.0. The molecule has 24 heavy (non-hydrogen) atoms. The van der Waals surface area contributed by atoms with Gasteiger partial charge in [0.05, 0.1) is 18.1 Å². The fourth-order valence-electron chi connectivity index (χ4n) is 3.01. The third-order valence-electron chi connectivity index (χ3n) is 4.41. The quantitative estimate of drug-likeness (QED) is 0.837. The van der Waals surface area contributed by atoms with Gasteiger partial charge in [-0.2, -0.15) is 4.31 Å². The molecule has 1 fully saturated rings. The second-order valence-corrected chi connectivity index (χ2v) is 8.07. The summed E-state index contributed by atoms with van der Waals surface area (Å²) in [6.07, 6.45) is 1.60. The maximum atomic E-state index is 13.0. The number of hydrogen-bond donors (Lipinski definition) is 0. The van der Waals surface area contributed by atoms with Crippen LogP contribution in [0, 0.1) is 6.92 Å². The van der Waals surface area contributed by atoms with E-state index < -0.39 is 10.0 Å². The van der Waals surface area contributed by atoms with Gasteiger partial charge in [-0.25, -0.2) is 8.42 Å². The molecule has 5 heteroatoms. The van der Waals surface area contributed by atoms with Crippen molar-refractivity contribution < 1.29 is 13.2 Å². The molecule has 1 aliphatic rings. The molecule has 4 nitrogen and oxygen atoms in total. The van der Waals surface area contributed by atoms with E-state index >= 15 is 0 Å². The van der Waals surface area contributed by atoms with Crippen LogP contribution >= 0.6 is 0 Å². The molecule has 0 saturated carbocycles. The Morgan fingerprint density at radius 3 is 2.50 bits per heavy atom. The Labute approximate surface area is 144 Å². The van der Waals surface area contributed by atoms with Gasteiger partial charge in [0.15, 0.2) is 0 Å². The van der Waals surface area contributed by atoms with Crippen molar-refractivity contribution in [1.82, 2.24) is 4.31 Å². The van der Waals surface area contributed by atoms with Crippen molar-refractivity contribution in [3.63, 3.8) is 0 Å². The minimum Gasteiger partial charge on any atom is -0.378 e. The molecule has 0 bridgehead atoms. The van der Waals surface area contributed by atoms with Gasteiger partial charge in [0.25, 0.3) is 0 Å². The third kappa shape index (κ3) is 3.86. The Hall–Kier alpha value is -1.69. The van der Waals surface area contributed by atoms with E-state index in [1.807, 2.05) is 37.3 Å². The van der Waals surface area contributed by atoms with Gasteiger partial charge in [-0.1, -0.05) is 48.0 Å². The summed E-state index contributed by atoms with van der Waals surface area (Å²) in [5, 5.41) is 0. The number of hydrogen-bond acceptors (Lipinski definition) is 3. The number of rotatable bonds is 5. The van der Waals surface area contributed by atoms with Gasteiger partial charge in [-0.15, -0.1) is 0 Å². The predicted molar refractivity (Wildman–Crippen MR) is 94.4 cm³/mol. The van der Waals surface area contributed by atoms with Crippen LogP contribution < -0.4 is 0 Å². The van der Waals surface area contributed by atoms with Crippen LogP contribution in [0.4, 0.5) is 0 Å². The molecule has 1 heterocycles. The maximum absolute atomic E-state index is 13.0. The zero-order valence-corrected chi connectivity index (χ0v) is 14.7. The highest BCUT2D eigenvalue weighted by atomic mass is 32.2. The zero-order valence-electron chi connectivity index (χ0n) is 13.9. The van der Waals surface area contributed by atoms with Crippen LogP contribution in [0.2, 0.25) is 0 Å². The molecule has 1 unspecified atom stereocenters. The largest absolute Gasteiger partial charge is 0.378 e. The van der Waals surface area contributed by atoms with Crippen LogP contribution in [0.15, 0.2) is 59.5 Å². The van der Waals surface area contributed by atoms with Gasteiger partial charge < -0.3 is 4.74 Å². The van der Waals surface area contributed by atoms with Crippen molar-refractivity contribution in [3.8, 4) is 0 Å². The van der Waals surface area contributed by atoms with E-state index in [2.05, 4.69) is 12.1 Å². The first-order valence-electron chi connectivity index (χ1n) is 8.27. The number of morpholine rings is 1. The van der Waals surface area contributed by atoms with Crippen molar-refractivity contribution in [2.45, 2.75) is 30.7 Å². The van der Waals surface area contributed by atoms with Gasteiger partial charge in [-0.3, -0.25) is 0 Å². The van der Waals surface area contributed by atoms with E-state index in [0.717, 1.165) is 18.4 Å². The van der Waals surface area contributed by atoms with Crippen molar-refractivity contribution in [2.75, 3.05) is 19.8 Å². The smallest absolute Gasteiger partial charge is 0.243 e. The summed E-state index contributed by atoms with van der Waals surface area (Å²) in [5.74, 6) is 0. The summed E-state index contributed by atoms with van der Waals surface area (Å²) in [4.78, 5) is 0.361. The van der Waals surface area contributed by atoms with Crippen LogP contribution in [-0.2, 0) is 21.2 Å². The molecule has 0 aliphatic carbocycles. The standard InChI is InChI=1S/C19H23NO3S/c1-16-7-11-19(12-8-16)24(21,22)20-13-14-23-15-18(20)10-9-17-5-3-2-4-6-17/h2-8,11-12,18H,9-10,13-15H2,1H3. The predicted octanol–water partition coefficient (Wildman–Crippen LogP) is 3.02. The molecule has 2 aromatic rings. The highest BCUT2D eigenvalue weighted by molar-refractivity contribution is 7.89. The van der Waals surface area contributed by atoms with Crippen molar-refractivity contribution in [1.29, 1.82) is 0 Å². The Morgan fingerprint density at radius 1 is 1.08 bits per heavy atom. The molecule has 0 radical (unpaired) electrons. The van der Waals surface area contributed by atoms with Crippen LogP contribution in [0.1, 0.15) is 17.5 Å². The number of ether oxygens (including phenoxy) is 1. The minimum atomic E-state index is -3.48. The van der Waals surface area contributed by atoms with Crippen molar-refractivity contribution in [3.05, 3.63) is 65.7 Å². The molecule has 3 rings (SSSR count). The highest BCUT2D eigenvalue weighted by Gasteiger charge is 2.33. The molecular weight excluding hydrogens is 322 g/mol. The molecule has 2 aromatic carbocycles. The Bertz CT molecular complexity index is 757. The first-order chi connectivity index (χ1) is 11.6. The molecule has 0 spiro atoms. The second kappa shape index (κ2) is 7.47. The lowest BCUT2D eigenvalue weighted by Crippen LogP contribution is -2.48. The topological polar surface area (TPSA) is 46.6 Å². The molecular formula is C19H23NO3S. The molecule has 1 aliphatic heterocycles. The third-order valence-corrected chi connectivity index (χ3v) is 6.38. The Balaban J connectivity index is 1.77. The Kier molecular flexibility index (Phi) is 5.33. The monoisotopic (exact) mass is 345 g/mol. The SMILES string of the molecule is Cc1ccc(S(=O)(=O)N2CCOCC2CCc2ccccc2)cc1. The molecule has 1 saturated heterocycles. The molecule has 128 valence electrons. The summed E-state index contributed by atoms with van der Waals surface area (Å²) >= 11 is 0. The van der Waals surface area contributed by atoms with Gasteiger partial charge >= 0.3 is 0 Å². The van der Waals surface area contributed by atoms with Crippen LogP contribution in [0.3, 0.4) is 0 Å². The number of aryl methyl sites for hydroxylation is 2. The van der Waals surface area contributed by atoms with E-state index in [9.17, 15) is 8.42 Å². The van der Waals surface area contributed by atoms with E-state index in [4.69, 9.17) is 4.74 Å². The average molecular weight is 345 g/mol. The van der Waals surface area contributed by atoms with Gasteiger partial charge in [0.2, 0.25) is 10.0 Å². The molecule has 1 atom stereocenters. The van der Waals surface area contributed by atoms with Crippen molar-refractivity contribution >= 4 is 10.0 Å². The van der Waals surface area contributed by atoms with Gasteiger partial charge in [0, 0.05) is 12.6 Å². The summed E-state index contributed by atoms with van der Waals surface area (Å²) in [6.45, 7) is 3.27. The van der Waals surface area contributed by atoms with E-state index in [1.165, 1.54) is 5.56 Å². The van der Waals surface area contributed by atoms with Crippen molar-refractivity contribution in [2.24, 2.45) is 0 Å². The first kappa shape index (κ1) is 17.1. The molecule has 0 aromatic heterocycles. The van der Waals surface area contributed by atoms with E-state index in [1.54, 1.807) is 16.4 Å². The summed E-state index contributed by atoms with van der Waals surface area (Å²) in [5.41, 5.74) is 2.27. The average Bonchev–Trinajstić information content (AvgIpc) is 2.61. The highest BCUT2D eigenvalue weighted by Crippen LogP contribution is 2.23. The fraction of sp³-hybridized carbons (Fsp3) is 0.368. The lowest BCUT2D eigenvalue weighted by molar-refractivity contribution is 0.0298. The molecule has 0 N–H and O–H groups in total. The summed E-state index contributed by atoms with van der Waals surface area (Å²) in [6, 6.07) is 17.1. The van der Waals surface area contributed by atoms with E-state index in [-0.39, 0.29) is 6.04 Å². The van der Waals surface area contributed by atoms with Gasteiger partial charge in [0.1, 0.15) is 0 Å². The van der Waals surface area contributed by atoms with Crippen LogP contribution in [-0.4, -0.2) is 38.5 Å². The van der Waals surface area contributed by atoms with E-state index in [0.29, 0.717) is 24.7 Å². The normalized spacial score (nSPS) is 19.3. The first-order valence-corrected chi connectivity index (χ1v) is 9.71. The number of sulfonamides is 1. The van der Waals surface area contributed by atoms with Crippen LogP contribution in [0.25, 0.3) is 0 Å². The van der Waals surface area contributed by atoms with Crippen LogP contribution in [0.5, 0.6) is 0 Å². The lowest BCUT2D eigenvalue weighted by Gasteiger charge is -2.34. The Morgan fingerprint density at radius 2 is 1.79 bits per heavy atom. The fourth-order valence-corrected chi connectivity index (χ4v) is 4.63. The summed E-state index contributed by atoms with van der Waals surface area (Å²) < 4.78 is 33.1.